The number of imidazole rings is 1. The van der Waals surface area contributed by atoms with Crippen LogP contribution < -0.4 is 15.6 Å². The summed E-state index contributed by atoms with van der Waals surface area (Å²) < 4.78 is 7.76. The third-order valence-corrected chi connectivity index (χ3v) is 5.80. The number of aromatic nitrogens is 3. The summed E-state index contributed by atoms with van der Waals surface area (Å²) >= 11 is 1.57. The number of hydrogen-bond donors (Lipinski definition) is 2. The smallest absolute Gasteiger partial charge is 0.269 e. The Kier molecular flexibility index (Phi) is 6.18. The normalized spacial score (nSPS) is 10.8. The van der Waals surface area contributed by atoms with Crippen molar-refractivity contribution in [1.29, 1.82) is 0 Å². The predicted octanol–water partition coefficient (Wildman–Crippen LogP) is 3.78. The van der Waals surface area contributed by atoms with Gasteiger partial charge in [-0.2, -0.15) is 0 Å². The zero-order valence-corrected chi connectivity index (χ0v) is 18.8. The maximum absolute atomic E-state index is 12.5. The van der Waals surface area contributed by atoms with E-state index in [0.717, 1.165) is 34.1 Å². The minimum Gasteiger partial charge on any atom is -0.487 e. The number of benzene rings is 2. The van der Waals surface area contributed by atoms with Crippen LogP contribution in [0.5, 0.6) is 5.75 Å². The van der Waals surface area contributed by atoms with Gasteiger partial charge < -0.3 is 9.30 Å². The van der Waals surface area contributed by atoms with Crippen LogP contribution in [0, 0.1) is 13.8 Å². The number of carbonyl (C=O) groups is 2. The van der Waals surface area contributed by atoms with Crippen molar-refractivity contribution < 1.29 is 14.3 Å². The van der Waals surface area contributed by atoms with Gasteiger partial charge in [0.1, 0.15) is 18.2 Å². The van der Waals surface area contributed by atoms with E-state index in [1.165, 1.54) is 0 Å². The molecule has 2 aromatic carbocycles. The summed E-state index contributed by atoms with van der Waals surface area (Å²) in [5.74, 6) is 0.684. The molecule has 0 aliphatic heterocycles. The molecule has 4 rings (SSSR count). The molecule has 0 bridgehead atoms. The molecule has 0 radical (unpaired) electrons. The van der Waals surface area contributed by atoms with E-state index in [9.17, 15) is 9.59 Å². The number of rotatable bonds is 6. The quantitative estimate of drug-likeness (QED) is 0.437. The standard InChI is InChI=1S/C23H23N5O3S/c1-4-28-14(2)24-20-11-17(7-10-21(20)28)23(30)27-26-22(29)16-5-8-19(9-6-16)31-12-18-13-32-15(3)25-18/h5-11,13H,4,12H2,1-3H3,(H,26,29)(H,27,30). The van der Waals surface area contributed by atoms with E-state index in [-0.39, 0.29) is 0 Å². The number of nitrogens with zero attached hydrogens (tertiary/aromatic N) is 3. The molecule has 2 heterocycles. The maximum Gasteiger partial charge on any atom is 0.269 e. The summed E-state index contributed by atoms with van der Waals surface area (Å²) in [5.41, 5.74) is 8.28. The number of ether oxygens (including phenoxy) is 1. The minimum absolute atomic E-state index is 0.367. The average molecular weight is 450 g/mol. The Bertz CT molecular complexity index is 1280. The summed E-state index contributed by atoms with van der Waals surface area (Å²) in [6, 6.07) is 12.0. The van der Waals surface area contributed by atoms with Crippen LogP contribution in [0.3, 0.4) is 0 Å². The highest BCUT2D eigenvalue weighted by Gasteiger charge is 2.13. The van der Waals surface area contributed by atoms with Crippen LogP contribution in [0.15, 0.2) is 47.8 Å². The van der Waals surface area contributed by atoms with Crippen LogP contribution in [0.1, 0.15) is 44.2 Å². The van der Waals surface area contributed by atoms with Gasteiger partial charge in [-0.25, -0.2) is 9.97 Å². The van der Waals surface area contributed by atoms with E-state index < -0.39 is 11.8 Å². The van der Waals surface area contributed by atoms with Crippen molar-refractivity contribution >= 4 is 34.2 Å². The lowest BCUT2D eigenvalue weighted by Gasteiger charge is -2.09. The third-order valence-electron chi connectivity index (χ3n) is 4.98. The maximum atomic E-state index is 12.5. The highest BCUT2D eigenvalue weighted by Crippen LogP contribution is 2.18. The molecule has 2 N–H and O–H groups in total. The van der Waals surface area contributed by atoms with Gasteiger partial charge in [0, 0.05) is 23.1 Å². The van der Waals surface area contributed by atoms with Gasteiger partial charge in [0.2, 0.25) is 0 Å². The second-order valence-electron chi connectivity index (χ2n) is 7.19. The molecule has 0 saturated heterocycles. The van der Waals surface area contributed by atoms with Crippen molar-refractivity contribution in [2.45, 2.75) is 33.9 Å². The molecule has 0 fully saturated rings. The number of carbonyl (C=O) groups excluding carboxylic acids is 2. The molecule has 9 heteroatoms. The lowest BCUT2D eigenvalue weighted by Crippen LogP contribution is -2.41. The number of fused-ring (bicyclic) bond motifs is 1. The summed E-state index contributed by atoms with van der Waals surface area (Å²) in [5, 5.41) is 2.94. The molecule has 0 atom stereocenters. The van der Waals surface area contributed by atoms with E-state index >= 15 is 0 Å². The van der Waals surface area contributed by atoms with Crippen LogP contribution in [-0.4, -0.2) is 26.3 Å². The lowest BCUT2D eigenvalue weighted by molar-refractivity contribution is 0.0846. The van der Waals surface area contributed by atoms with Gasteiger partial charge in [0.05, 0.1) is 21.7 Å². The van der Waals surface area contributed by atoms with E-state index in [4.69, 9.17) is 4.74 Å². The van der Waals surface area contributed by atoms with Crippen LogP contribution in [0.4, 0.5) is 0 Å². The molecule has 0 saturated carbocycles. The molecule has 4 aromatic rings. The highest BCUT2D eigenvalue weighted by molar-refractivity contribution is 7.09. The lowest BCUT2D eigenvalue weighted by atomic mass is 10.2. The Hall–Kier alpha value is -3.72. The molecule has 0 spiro atoms. The largest absolute Gasteiger partial charge is 0.487 e. The minimum atomic E-state index is -0.424. The Balaban J connectivity index is 1.33. The Morgan fingerprint density at radius 1 is 1.00 bits per heavy atom. The van der Waals surface area contributed by atoms with Gasteiger partial charge in [0.15, 0.2) is 0 Å². The molecule has 2 amide bonds. The van der Waals surface area contributed by atoms with E-state index in [2.05, 4.69) is 25.4 Å². The zero-order valence-electron chi connectivity index (χ0n) is 18.0. The summed E-state index contributed by atoms with van der Waals surface area (Å²) in [4.78, 5) is 33.7. The van der Waals surface area contributed by atoms with Crippen molar-refractivity contribution in [2.24, 2.45) is 0 Å². The number of nitrogens with one attached hydrogen (secondary N) is 2. The molecule has 32 heavy (non-hydrogen) atoms. The first-order valence-electron chi connectivity index (χ1n) is 10.2. The first-order valence-corrected chi connectivity index (χ1v) is 11.0. The Morgan fingerprint density at radius 3 is 2.34 bits per heavy atom. The number of aryl methyl sites for hydroxylation is 3. The van der Waals surface area contributed by atoms with Crippen molar-refractivity contribution in [2.75, 3.05) is 0 Å². The van der Waals surface area contributed by atoms with Crippen LogP contribution in [0.2, 0.25) is 0 Å². The predicted molar refractivity (Wildman–Crippen MR) is 123 cm³/mol. The van der Waals surface area contributed by atoms with Gasteiger partial charge in [-0.3, -0.25) is 20.4 Å². The molecule has 8 nitrogen and oxygen atoms in total. The fraction of sp³-hybridized carbons (Fsp3) is 0.217. The third kappa shape index (κ3) is 4.62. The van der Waals surface area contributed by atoms with Crippen molar-refractivity contribution in [1.82, 2.24) is 25.4 Å². The fourth-order valence-electron chi connectivity index (χ4n) is 3.38. The molecule has 2 aromatic heterocycles. The fourth-order valence-corrected chi connectivity index (χ4v) is 3.98. The number of thiazole rings is 1. The van der Waals surface area contributed by atoms with Gasteiger partial charge in [-0.1, -0.05) is 0 Å². The number of hydrazine groups is 1. The monoisotopic (exact) mass is 449 g/mol. The number of hydrogen-bond acceptors (Lipinski definition) is 6. The van der Waals surface area contributed by atoms with Crippen LogP contribution in [-0.2, 0) is 13.2 Å². The molecular weight excluding hydrogens is 426 g/mol. The first-order chi connectivity index (χ1) is 15.4. The molecule has 0 aliphatic carbocycles. The second kappa shape index (κ2) is 9.19. The zero-order chi connectivity index (χ0) is 22.7. The molecule has 0 aliphatic rings. The van der Waals surface area contributed by atoms with E-state index in [1.807, 2.05) is 32.2 Å². The van der Waals surface area contributed by atoms with Gasteiger partial charge in [-0.15, -0.1) is 11.3 Å². The highest BCUT2D eigenvalue weighted by atomic mass is 32.1. The van der Waals surface area contributed by atoms with E-state index in [0.29, 0.717) is 23.5 Å². The number of amides is 2. The van der Waals surface area contributed by atoms with Gasteiger partial charge in [-0.05, 0) is 63.2 Å². The van der Waals surface area contributed by atoms with Crippen LogP contribution >= 0.6 is 11.3 Å². The second-order valence-corrected chi connectivity index (χ2v) is 8.25. The van der Waals surface area contributed by atoms with Crippen molar-refractivity contribution in [3.63, 3.8) is 0 Å². The van der Waals surface area contributed by atoms with Crippen LogP contribution in [0.25, 0.3) is 11.0 Å². The Labute approximate surface area is 189 Å². The van der Waals surface area contributed by atoms with Gasteiger partial charge >= 0.3 is 0 Å². The Morgan fingerprint density at radius 2 is 1.69 bits per heavy atom. The molecule has 0 unspecified atom stereocenters. The molecular formula is C23H23N5O3S. The SMILES string of the molecule is CCn1c(C)nc2cc(C(=O)NNC(=O)c3ccc(OCc4csc(C)n4)cc3)ccc21. The summed E-state index contributed by atoms with van der Waals surface area (Å²) in [6.45, 7) is 7.09. The first kappa shape index (κ1) is 21.5. The summed E-state index contributed by atoms with van der Waals surface area (Å²) in [6.07, 6.45) is 0. The average Bonchev–Trinajstić information content (AvgIpc) is 3.36. The van der Waals surface area contributed by atoms with Crippen molar-refractivity contribution in [3.05, 3.63) is 75.5 Å². The molecule has 164 valence electrons. The van der Waals surface area contributed by atoms with Gasteiger partial charge in [0.25, 0.3) is 11.8 Å². The summed E-state index contributed by atoms with van der Waals surface area (Å²) in [7, 11) is 0. The topological polar surface area (TPSA) is 98.1 Å². The van der Waals surface area contributed by atoms with E-state index in [1.54, 1.807) is 47.7 Å². The van der Waals surface area contributed by atoms with Crippen molar-refractivity contribution in [3.8, 4) is 5.75 Å².